The molecule has 0 aromatic heterocycles. The molecule has 5 heteroatoms. The predicted octanol–water partition coefficient (Wildman–Crippen LogP) is 3.30. The summed E-state index contributed by atoms with van der Waals surface area (Å²) in [5.74, 6) is 0.568. The Bertz CT molecular complexity index is 437. The molecule has 1 aliphatic heterocycles. The van der Waals surface area contributed by atoms with E-state index in [1.54, 1.807) is 11.8 Å². The minimum absolute atomic E-state index is 0.178. The molecule has 0 spiro atoms. The number of methoxy groups -OCH3 is 1. The van der Waals surface area contributed by atoms with Crippen LogP contribution < -0.4 is 5.32 Å². The van der Waals surface area contributed by atoms with Crippen LogP contribution >= 0.6 is 27.7 Å². The summed E-state index contributed by atoms with van der Waals surface area (Å²) in [7, 11) is 1.45. The maximum absolute atomic E-state index is 12.0. The Kier molecular flexibility index (Phi) is 4.22. The van der Waals surface area contributed by atoms with Crippen LogP contribution in [0.25, 0.3) is 0 Å². The summed E-state index contributed by atoms with van der Waals surface area (Å²) in [6.07, 6.45) is 0.792. The highest BCUT2D eigenvalue weighted by Gasteiger charge is 2.45. The quantitative estimate of drug-likeness (QED) is 0.863. The molecule has 0 bridgehead atoms. The van der Waals surface area contributed by atoms with Crippen molar-refractivity contribution < 1.29 is 9.53 Å². The van der Waals surface area contributed by atoms with Crippen LogP contribution in [0.3, 0.4) is 0 Å². The van der Waals surface area contributed by atoms with Crippen LogP contribution in [0.2, 0.25) is 0 Å². The van der Waals surface area contributed by atoms with Crippen molar-refractivity contribution in [3.8, 4) is 0 Å². The van der Waals surface area contributed by atoms with E-state index in [1.165, 1.54) is 7.11 Å². The molecule has 98 valence electrons. The second-order valence-electron chi connectivity index (χ2n) is 4.53. The number of hydrogen-bond acceptors (Lipinski definition) is 4. The molecule has 1 aromatic carbocycles. The van der Waals surface area contributed by atoms with Gasteiger partial charge in [0.2, 0.25) is 0 Å². The van der Waals surface area contributed by atoms with Crippen LogP contribution in [0.15, 0.2) is 28.7 Å². The van der Waals surface area contributed by atoms with Gasteiger partial charge in [0.05, 0.1) is 7.11 Å². The molecule has 0 saturated carbocycles. The number of anilines is 1. The summed E-state index contributed by atoms with van der Waals surface area (Å²) >= 11 is 5.20. The SMILES string of the molecule is COC(=O)C1(Nc2ccc(Br)cc2)CSC(C)C1. The highest BCUT2D eigenvalue weighted by Crippen LogP contribution is 2.37. The molecule has 0 aliphatic carbocycles. The van der Waals surface area contributed by atoms with E-state index >= 15 is 0 Å². The number of esters is 1. The Morgan fingerprint density at radius 1 is 1.50 bits per heavy atom. The first-order valence-corrected chi connectivity index (χ1v) is 7.64. The number of benzene rings is 1. The average molecular weight is 330 g/mol. The second kappa shape index (κ2) is 5.53. The fourth-order valence-corrected chi connectivity index (χ4v) is 3.72. The number of rotatable bonds is 3. The van der Waals surface area contributed by atoms with Crippen LogP contribution in [-0.4, -0.2) is 29.6 Å². The fraction of sp³-hybridized carbons (Fsp3) is 0.462. The van der Waals surface area contributed by atoms with Crippen molar-refractivity contribution in [1.82, 2.24) is 0 Å². The molecule has 1 saturated heterocycles. The zero-order chi connectivity index (χ0) is 13.2. The van der Waals surface area contributed by atoms with Crippen molar-refractivity contribution in [3.63, 3.8) is 0 Å². The third-order valence-corrected chi connectivity index (χ3v) is 4.98. The lowest BCUT2D eigenvalue weighted by molar-refractivity contribution is -0.145. The summed E-state index contributed by atoms with van der Waals surface area (Å²) in [6.45, 7) is 2.14. The Labute approximate surface area is 120 Å². The summed E-state index contributed by atoms with van der Waals surface area (Å²) in [4.78, 5) is 12.0. The van der Waals surface area contributed by atoms with Gasteiger partial charge in [-0.15, -0.1) is 0 Å². The van der Waals surface area contributed by atoms with Crippen molar-refractivity contribution in [2.45, 2.75) is 24.1 Å². The molecule has 3 nitrogen and oxygen atoms in total. The first kappa shape index (κ1) is 13.7. The molecule has 2 unspecified atom stereocenters. The van der Waals surface area contributed by atoms with Gasteiger partial charge in [0.15, 0.2) is 0 Å². The van der Waals surface area contributed by atoms with Gasteiger partial charge in [-0.3, -0.25) is 0 Å². The second-order valence-corrected chi connectivity index (χ2v) is 6.87. The summed E-state index contributed by atoms with van der Waals surface area (Å²) in [5.41, 5.74) is 0.352. The minimum Gasteiger partial charge on any atom is -0.467 e. The average Bonchev–Trinajstić information content (AvgIpc) is 2.74. The topological polar surface area (TPSA) is 38.3 Å². The van der Waals surface area contributed by atoms with Crippen molar-refractivity contribution in [1.29, 1.82) is 0 Å². The van der Waals surface area contributed by atoms with Gasteiger partial charge in [0.25, 0.3) is 0 Å². The molecule has 0 radical (unpaired) electrons. The van der Waals surface area contributed by atoms with Crippen molar-refractivity contribution >= 4 is 39.3 Å². The number of halogens is 1. The van der Waals surface area contributed by atoms with Gasteiger partial charge in [-0.1, -0.05) is 22.9 Å². The van der Waals surface area contributed by atoms with E-state index in [-0.39, 0.29) is 5.97 Å². The predicted molar refractivity (Wildman–Crippen MR) is 79.0 cm³/mol. The Morgan fingerprint density at radius 2 is 2.17 bits per heavy atom. The van der Waals surface area contributed by atoms with Crippen LogP contribution in [0.5, 0.6) is 0 Å². The third-order valence-electron chi connectivity index (χ3n) is 3.05. The van der Waals surface area contributed by atoms with Crippen LogP contribution in [0.1, 0.15) is 13.3 Å². The molecule has 18 heavy (non-hydrogen) atoms. The number of hydrogen-bond donors (Lipinski definition) is 1. The third kappa shape index (κ3) is 2.83. The molecule has 1 fully saturated rings. The number of nitrogens with one attached hydrogen (secondary N) is 1. The Hall–Kier alpha value is -0.680. The number of carbonyl (C=O) groups excluding carboxylic acids is 1. The smallest absolute Gasteiger partial charge is 0.332 e. The van der Waals surface area contributed by atoms with E-state index in [9.17, 15) is 4.79 Å². The van der Waals surface area contributed by atoms with E-state index in [0.29, 0.717) is 5.25 Å². The molecule has 1 aromatic rings. The van der Waals surface area contributed by atoms with E-state index in [1.807, 2.05) is 24.3 Å². The monoisotopic (exact) mass is 329 g/mol. The zero-order valence-electron chi connectivity index (χ0n) is 10.4. The lowest BCUT2D eigenvalue weighted by Crippen LogP contribution is -2.47. The number of carbonyl (C=O) groups is 1. The van der Waals surface area contributed by atoms with Gasteiger partial charge in [-0.2, -0.15) is 11.8 Å². The van der Waals surface area contributed by atoms with Crippen molar-refractivity contribution in [3.05, 3.63) is 28.7 Å². The molecular formula is C13H16BrNO2S. The highest BCUT2D eigenvalue weighted by molar-refractivity contribution is 9.10. The number of ether oxygens (including phenoxy) is 1. The standard InChI is InChI=1S/C13H16BrNO2S/c1-9-7-13(8-18-9,12(16)17-2)15-11-5-3-10(14)4-6-11/h3-6,9,15H,7-8H2,1-2H3. The summed E-state index contributed by atoms with van der Waals surface area (Å²) in [5, 5.41) is 3.81. The highest BCUT2D eigenvalue weighted by atomic mass is 79.9. The van der Waals surface area contributed by atoms with E-state index in [2.05, 4.69) is 28.2 Å². The first-order chi connectivity index (χ1) is 8.55. The molecule has 2 atom stereocenters. The van der Waals surface area contributed by atoms with Crippen molar-refractivity contribution in [2.75, 3.05) is 18.2 Å². The Morgan fingerprint density at radius 3 is 2.67 bits per heavy atom. The Balaban J connectivity index is 2.20. The molecular weight excluding hydrogens is 314 g/mol. The van der Waals surface area contributed by atoms with E-state index < -0.39 is 5.54 Å². The largest absolute Gasteiger partial charge is 0.467 e. The van der Waals surface area contributed by atoms with Crippen LogP contribution in [0.4, 0.5) is 5.69 Å². The van der Waals surface area contributed by atoms with Gasteiger partial charge in [0.1, 0.15) is 5.54 Å². The van der Waals surface area contributed by atoms with Gasteiger partial charge in [0, 0.05) is 21.2 Å². The number of thioether (sulfide) groups is 1. The first-order valence-electron chi connectivity index (χ1n) is 5.79. The lowest BCUT2D eigenvalue weighted by atomic mass is 9.96. The molecule has 1 aliphatic rings. The summed E-state index contributed by atoms with van der Waals surface area (Å²) < 4.78 is 5.98. The zero-order valence-corrected chi connectivity index (χ0v) is 12.8. The maximum atomic E-state index is 12.0. The van der Waals surface area contributed by atoms with E-state index in [4.69, 9.17) is 4.74 Å². The molecule has 2 rings (SSSR count). The maximum Gasteiger partial charge on any atom is 0.332 e. The molecule has 0 amide bonds. The molecule has 1 heterocycles. The van der Waals surface area contributed by atoms with Gasteiger partial charge >= 0.3 is 5.97 Å². The summed E-state index contributed by atoms with van der Waals surface area (Å²) in [6, 6.07) is 7.84. The van der Waals surface area contributed by atoms with Gasteiger partial charge in [-0.05, 0) is 30.7 Å². The fourth-order valence-electron chi connectivity index (χ4n) is 2.18. The van der Waals surface area contributed by atoms with Crippen molar-refractivity contribution in [2.24, 2.45) is 0 Å². The lowest BCUT2D eigenvalue weighted by Gasteiger charge is -2.28. The van der Waals surface area contributed by atoms with Crippen LogP contribution in [0, 0.1) is 0 Å². The molecule has 1 N–H and O–H groups in total. The van der Waals surface area contributed by atoms with E-state index in [0.717, 1.165) is 22.3 Å². The normalized spacial score (nSPS) is 26.9. The van der Waals surface area contributed by atoms with Gasteiger partial charge < -0.3 is 10.1 Å². The van der Waals surface area contributed by atoms with Crippen LogP contribution in [-0.2, 0) is 9.53 Å². The van der Waals surface area contributed by atoms with Gasteiger partial charge in [-0.25, -0.2) is 4.79 Å². The minimum atomic E-state index is -0.591.